The third kappa shape index (κ3) is 6.80. The van der Waals surface area contributed by atoms with Gasteiger partial charge in [-0.15, -0.1) is 34.2 Å². The van der Waals surface area contributed by atoms with Crippen molar-refractivity contribution in [2.75, 3.05) is 26.2 Å². The molecule has 2 aromatic rings. The van der Waals surface area contributed by atoms with Crippen molar-refractivity contribution >= 4 is 35.6 Å². The number of pyridine rings is 1. The summed E-state index contributed by atoms with van der Waals surface area (Å²) in [4.78, 5) is 4.87. The number of halogens is 1. The van der Waals surface area contributed by atoms with Crippen molar-refractivity contribution in [2.24, 2.45) is 16.3 Å². The number of fused-ring (bicyclic) bond motifs is 1. The van der Waals surface area contributed by atoms with E-state index >= 15 is 0 Å². The maximum Gasteiger partial charge on any atom is 0.191 e. The van der Waals surface area contributed by atoms with Gasteiger partial charge in [-0.2, -0.15) is 0 Å². The van der Waals surface area contributed by atoms with Crippen LogP contribution in [0.2, 0.25) is 0 Å². The van der Waals surface area contributed by atoms with E-state index in [1.807, 2.05) is 24.4 Å². The molecule has 3 heterocycles. The SMILES string of the molecule is CCNC(=NCC1CCCOC1C(C)(C)C)NCCCc1nnc2ccccn12.I. The molecule has 2 atom stereocenters. The lowest BCUT2D eigenvalue weighted by Crippen LogP contribution is -2.43. The second-order valence-electron chi connectivity index (χ2n) is 8.85. The summed E-state index contributed by atoms with van der Waals surface area (Å²) in [5.74, 6) is 2.36. The van der Waals surface area contributed by atoms with E-state index in [0.29, 0.717) is 5.92 Å². The van der Waals surface area contributed by atoms with Crippen molar-refractivity contribution in [1.82, 2.24) is 25.2 Å². The Morgan fingerprint density at radius 1 is 1.27 bits per heavy atom. The quantitative estimate of drug-likeness (QED) is 0.248. The van der Waals surface area contributed by atoms with E-state index in [9.17, 15) is 0 Å². The number of rotatable bonds is 7. The molecule has 1 fully saturated rings. The number of nitrogens with zero attached hydrogens (tertiary/aromatic N) is 4. The average Bonchev–Trinajstić information content (AvgIpc) is 3.12. The molecule has 7 nitrogen and oxygen atoms in total. The number of guanidine groups is 1. The Morgan fingerprint density at radius 2 is 2.10 bits per heavy atom. The van der Waals surface area contributed by atoms with E-state index < -0.39 is 0 Å². The first-order valence-corrected chi connectivity index (χ1v) is 10.9. The fourth-order valence-electron chi connectivity index (χ4n) is 4.05. The van der Waals surface area contributed by atoms with Gasteiger partial charge in [-0.05, 0) is 43.7 Å². The minimum absolute atomic E-state index is 0. The molecular formula is C22H37IN6O. The van der Waals surface area contributed by atoms with Gasteiger partial charge in [0.25, 0.3) is 0 Å². The number of ether oxygens (including phenoxy) is 1. The summed E-state index contributed by atoms with van der Waals surface area (Å²) >= 11 is 0. The molecule has 0 spiro atoms. The number of hydrogen-bond donors (Lipinski definition) is 2. The van der Waals surface area contributed by atoms with Crippen molar-refractivity contribution in [3.8, 4) is 0 Å². The van der Waals surface area contributed by atoms with Gasteiger partial charge in [-0.3, -0.25) is 9.39 Å². The third-order valence-electron chi connectivity index (χ3n) is 5.38. The van der Waals surface area contributed by atoms with Crippen molar-refractivity contribution in [1.29, 1.82) is 0 Å². The molecule has 0 bridgehead atoms. The van der Waals surface area contributed by atoms with Crippen LogP contribution in [0.5, 0.6) is 0 Å². The molecule has 0 aliphatic carbocycles. The molecule has 1 aliphatic rings. The van der Waals surface area contributed by atoms with Gasteiger partial charge in [0.15, 0.2) is 11.6 Å². The number of aromatic nitrogens is 3. The Labute approximate surface area is 197 Å². The minimum atomic E-state index is 0. The van der Waals surface area contributed by atoms with Crippen molar-refractivity contribution in [3.63, 3.8) is 0 Å². The molecule has 0 saturated carbocycles. The highest BCUT2D eigenvalue weighted by Crippen LogP contribution is 2.34. The summed E-state index contributed by atoms with van der Waals surface area (Å²) in [6.45, 7) is 12.2. The predicted octanol–water partition coefficient (Wildman–Crippen LogP) is 3.68. The number of aliphatic imine (C=N–C) groups is 1. The molecule has 1 saturated heterocycles. The van der Waals surface area contributed by atoms with E-state index in [1.165, 1.54) is 6.42 Å². The van der Waals surface area contributed by atoms with Gasteiger partial charge in [0.1, 0.15) is 5.82 Å². The van der Waals surface area contributed by atoms with Gasteiger partial charge in [0.2, 0.25) is 0 Å². The fourth-order valence-corrected chi connectivity index (χ4v) is 4.05. The zero-order chi connectivity index (χ0) is 20.7. The van der Waals surface area contributed by atoms with Gasteiger partial charge < -0.3 is 15.4 Å². The van der Waals surface area contributed by atoms with Gasteiger partial charge in [-0.1, -0.05) is 26.8 Å². The lowest BCUT2D eigenvalue weighted by atomic mass is 9.78. The Balaban J connectivity index is 0.00000320. The molecule has 0 radical (unpaired) electrons. The number of nitrogens with one attached hydrogen (secondary N) is 2. The second-order valence-corrected chi connectivity index (χ2v) is 8.85. The maximum atomic E-state index is 6.10. The Morgan fingerprint density at radius 3 is 2.87 bits per heavy atom. The molecular weight excluding hydrogens is 491 g/mol. The maximum absolute atomic E-state index is 6.10. The zero-order valence-corrected chi connectivity index (χ0v) is 21.1. The van der Waals surface area contributed by atoms with Crippen LogP contribution in [-0.2, 0) is 11.2 Å². The van der Waals surface area contributed by atoms with E-state index in [0.717, 1.165) is 62.9 Å². The van der Waals surface area contributed by atoms with E-state index in [4.69, 9.17) is 9.73 Å². The summed E-state index contributed by atoms with van der Waals surface area (Å²) in [5.41, 5.74) is 1.04. The van der Waals surface area contributed by atoms with Crippen LogP contribution in [0.25, 0.3) is 5.65 Å². The van der Waals surface area contributed by atoms with E-state index in [1.54, 1.807) is 0 Å². The van der Waals surface area contributed by atoms with Crippen LogP contribution in [0.1, 0.15) is 52.8 Å². The first-order valence-electron chi connectivity index (χ1n) is 10.9. The first-order chi connectivity index (χ1) is 14.0. The lowest BCUT2D eigenvalue weighted by molar-refractivity contribution is -0.0823. The van der Waals surface area contributed by atoms with Crippen molar-refractivity contribution in [3.05, 3.63) is 30.2 Å². The molecule has 0 amide bonds. The largest absolute Gasteiger partial charge is 0.377 e. The molecule has 30 heavy (non-hydrogen) atoms. The molecule has 2 N–H and O–H groups in total. The van der Waals surface area contributed by atoms with Gasteiger partial charge in [-0.25, -0.2) is 0 Å². The predicted molar refractivity (Wildman–Crippen MR) is 133 cm³/mol. The molecule has 2 unspecified atom stereocenters. The highest BCUT2D eigenvalue weighted by molar-refractivity contribution is 14.0. The van der Waals surface area contributed by atoms with Gasteiger partial charge >= 0.3 is 0 Å². The van der Waals surface area contributed by atoms with Crippen LogP contribution in [0.3, 0.4) is 0 Å². The lowest BCUT2D eigenvalue weighted by Gasteiger charge is -2.39. The molecule has 3 rings (SSSR count). The summed E-state index contributed by atoms with van der Waals surface area (Å²) in [7, 11) is 0. The third-order valence-corrected chi connectivity index (χ3v) is 5.38. The summed E-state index contributed by atoms with van der Waals surface area (Å²) in [6.07, 6.45) is 6.44. The Hall–Kier alpha value is -1.42. The van der Waals surface area contributed by atoms with Crippen LogP contribution in [0, 0.1) is 11.3 Å². The van der Waals surface area contributed by atoms with E-state index in [2.05, 4.69) is 52.9 Å². The standard InChI is InChI=1S/C22H36N6O.HI/c1-5-23-21(25-16-17-10-9-15-29-20(17)22(2,3)4)24-13-8-12-19-27-26-18-11-6-7-14-28(18)19;/h6-7,11,14,17,20H,5,8-10,12-13,15-16H2,1-4H3,(H2,23,24,25);1H. The monoisotopic (exact) mass is 528 g/mol. The number of hydrogen-bond acceptors (Lipinski definition) is 4. The molecule has 2 aromatic heterocycles. The zero-order valence-electron chi connectivity index (χ0n) is 18.7. The first kappa shape index (κ1) is 24.8. The number of aryl methyl sites for hydroxylation is 1. The highest BCUT2D eigenvalue weighted by Gasteiger charge is 2.35. The Bertz CT molecular complexity index is 800. The second kappa shape index (κ2) is 11.8. The summed E-state index contributed by atoms with van der Waals surface area (Å²) in [5, 5.41) is 15.3. The average molecular weight is 528 g/mol. The fraction of sp³-hybridized carbons (Fsp3) is 0.682. The van der Waals surface area contributed by atoms with Gasteiger partial charge in [0, 0.05) is 44.8 Å². The van der Waals surface area contributed by atoms with Crippen LogP contribution >= 0.6 is 24.0 Å². The summed E-state index contributed by atoms with van der Waals surface area (Å²) < 4.78 is 8.15. The normalized spacial score (nSPS) is 20.1. The minimum Gasteiger partial charge on any atom is -0.377 e. The topological polar surface area (TPSA) is 75.8 Å². The van der Waals surface area contributed by atoms with E-state index in [-0.39, 0.29) is 35.5 Å². The summed E-state index contributed by atoms with van der Waals surface area (Å²) in [6, 6.07) is 5.97. The smallest absolute Gasteiger partial charge is 0.191 e. The van der Waals surface area contributed by atoms with Crippen LogP contribution in [0.4, 0.5) is 0 Å². The Kier molecular flexibility index (Phi) is 9.80. The highest BCUT2D eigenvalue weighted by atomic mass is 127. The van der Waals surface area contributed by atoms with Gasteiger partial charge in [0.05, 0.1) is 6.10 Å². The van der Waals surface area contributed by atoms with Crippen molar-refractivity contribution < 1.29 is 4.74 Å². The van der Waals surface area contributed by atoms with Crippen LogP contribution in [0.15, 0.2) is 29.4 Å². The van der Waals surface area contributed by atoms with Crippen LogP contribution < -0.4 is 10.6 Å². The molecule has 0 aromatic carbocycles. The molecule has 1 aliphatic heterocycles. The molecule has 8 heteroatoms. The van der Waals surface area contributed by atoms with Crippen molar-refractivity contribution in [2.45, 2.75) is 59.5 Å². The molecule has 168 valence electrons. The van der Waals surface area contributed by atoms with Crippen LogP contribution in [-0.4, -0.2) is 52.9 Å².